The number of nitrogens with zero attached hydrogens (tertiary/aromatic N) is 1. The van der Waals surface area contributed by atoms with E-state index in [9.17, 15) is 4.79 Å². The first kappa shape index (κ1) is 13.6. The van der Waals surface area contributed by atoms with E-state index in [1.54, 1.807) is 0 Å². The molecule has 0 aliphatic carbocycles. The molecule has 1 fully saturated rings. The lowest BCUT2D eigenvalue weighted by atomic mass is 9.86. The minimum Gasteiger partial charge on any atom is -0.352 e. The number of hydrogen-bond acceptors (Lipinski definition) is 2. The van der Waals surface area contributed by atoms with Crippen molar-refractivity contribution >= 4 is 5.91 Å². The smallest absolute Gasteiger partial charge is 0.251 e. The van der Waals surface area contributed by atoms with Crippen LogP contribution in [-0.2, 0) is 6.42 Å². The molecule has 3 heteroatoms. The van der Waals surface area contributed by atoms with Crippen molar-refractivity contribution in [2.45, 2.75) is 26.2 Å². The lowest BCUT2D eigenvalue weighted by molar-refractivity contribution is 0.0951. The van der Waals surface area contributed by atoms with Crippen LogP contribution < -0.4 is 5.32 Å². The molecule has 0 spiro atoms. The predicted molar refractivity (Wildman–Crippen MR) is 81.0 cm³/mol. The van der Waals surface area contributed by atoms with Gasteiger partial charge in [-0.25, -0.2) is 0 Å². The van der Waals surface area contributed by atoms with Crippen molar-refractivity contribution < 1.29 is 4.79 Å². The van der Waals surface area contributed by atoms with Crippen LogP contribution in [0.2, 0.25) is 0 Å². The Hall–Kier alpha value is -1.35. The fourth-order valence-corrected chi connectivity index (χ4v) is 3.69. The number of rotatable bonds is 2. The number of likely N-dealkylation sites (N-methyl/N-ethyl adjacent to an activating group) is 1. The molecule has 3 nitrogen and oxygen atoms in total. The number of carbonyl (C=O) groups is 1. The zero-order valence-electron chi connectivity index (χ0n) is 12.6. The minimum absolute atomic E-state index is 0.114. The topological polar surface area (TPSA) is 32.3 Å². The van der Waals surface area contributed by atoms with Crippen molar-refractivity contribution in [2.24, 2.45) is 11.8 Å². The summed E-state index contributed by atoms with van der Waals surface area (Å²) in [5.41, 5.74) is 3.44. The number of hydrogen-bond donors (Lipinski definition) is 1. The molecule has 1 N–H and O–H groups in total. The van der Waals surface area contributed by atoms with E-state index in [0.29, 0.717) is 17.8 Å². The van der Waals surface area contributed by atoms with E-state index in [1.165, 1.54) is 11.1 Å². The highest BCUT2D eigenvalue weighted by Crippen LogP contribution is 2.35. The molecule has 0 aromatic heterocycles. The SMILES string of the molecule is CC(C)Cc1ccc2c(c1)C(=O)NCC1CN(C)CC21. The first-order chi connectivity index (χ1) is 9.54. The highest BCUT2D eigenvalue weighted by atomic mass is 16.1. The van der Waals surface area contributed by atoms with Crippen LogP contribution in [0.5, 0.6) is 0 Å². The lowest BCUT2D eigenvalue weighted by Crippen LogP contribution is -2.29. The molecule has 2 heterocycles. The second kappa shape index (κ2) is 5.21. The van der Waals surface area contributed by atoms with E-state index in [1.807, 2.05) is 0 Å². The Balaban J connectivity index is 1.98. The van der Waals surface area contributed by atoms with Crippen molar-refractivity contribution in [3.8, 4) is 0 Å². The molecule has 1 saturated heterocycles. The maximum atomic E-state index is 12.3. The number of likely N-dealkylation sites (tertiary alicyclic amines) is 1. The van der Waals surface area contributed by atoms with Gasteiger partial charge < -0.3 is 10.2 Å². The molecule has 3 rings (SSSR count). The highest BCUT2D eigenvalue weighted by molar-refractivity contribution is 5.96. The minimum atomic E-state index is 0.114. The van der Waals surface area contributed by atoms with Crippen molar-refractivity contribution in [3.63, 3.8) is 0 Å². The van der Waals surface area contributed by atoms with Crippen LogP contribution in [0, 0.1) is 11.8 Å². The van der Waals surface area contributed by atoms with Gasteiger partial charge in [0.25, 0.3) is 5.91 Å². The zero-order chi connectivity index (χ0) is 14.3. The molecule has 1 amide bonds. The van der Waals surface area contributed by atoms with Gasteiger partial charge >= 0.3 is 0 Å². The molecular weight excluding hydrogens is 248 g/mol. The molecule has 2 aliphatic rings. The third-order valence-electron chi connectivity index (χ3n) is 4.55. The Kier molecular flexibility index (Phi) is 3.55. The van der Waals surface area contributed by atoms with Gasteiger partial charge in [-0.15, -0.1) is 0 Å². The fourth-order valence-electron chi connectivity index (χ4n) is 3.69. The van der Waals surface area contributed by atoms with Crippen LogP contribution in [0.1, 0.15) is 41.3 Å². The largest absolute Gasteiger partial charge is 0.352 e. The van der Waals surface area contributed by atoms with Crippen LogP contribution in [-0.4, -0.2) is 37.5 Å². The van der Waals surface area contributed by atoms with Crippen LogP contribution in [0.4, 0.5) is 0 Å². The summed E-state index contributed by atoms with van der Waals surface area (Å²) in [5, 5.41) is 3.11. The second-order valence-corrected chi connectivity index (χ2v) is 6.82. The molecule has 2 atom stereocenters. The maximum Gasteiger partial charge on any atom is 0.251 e. The molecule has 0 saturated carbocycles. The normalized spacial score (nSPS) is 26.1. The van der Waals surface area contributed by atoms with Crippen molar-refractivity contribution in [2.75, 3.05) is 26.7 Å². The van der Waals surface area contributed by atoms with Gasteiger partial charge in [-0.1, -0.05) is 26.0 Å². The van der Waals surface area contributed by atoms with Gasteiger partial charge in [-0.2, -0.15) is 0 Å². The zero-order valence-corrected chi connectivity index (χ0v) is 12.6. The Labute approximate surface area is 121 Å². The van der Waals surface area contributed by atoms with Gasteiger partial charge in [0.2, 0.25) is 0 Å². The summed E-state index contributed by atoms with van der Waals surface area (Å²) in [6.07, 6.45) is 1.04. The quantitative estimate of drug-likeness (QED) is 0.896. The summed E-state index contributed by atoms with van der Waals surface area (Å²) in [7, 11) is 2.17. The Morgan fingerprint density at radius 2 is 2.15 bits per heavy atom. The molecule has 1 aromatic rings. The van der Waals surface area contributed by atoms with E-state index in [2.05, 4.69) is 49.3 Å². The molecule has 108 valence electrons. The summed E-state index contributed by atoms with van der Waals surface area (Å²) in [6.45, 7) is 7.39. The van der Waals surface area contributed by atoms with Gasteiger partial charge in [0.15, 0.2) is 0 Å². The Morgan fingerprint density at radius 1 is 1.35 bits per heavy atom. The van der Waals surface area contributed by atoms with Gasteiger partial charge in [-0.05, 0) is 42.5 Å². The van der Waals surface area contributed by atoms with E-state index < -0.39 is 0 Å². The maximum absolute atomic E-state index is 12.3. The second-order valence-electron chi connectivity index (χ2n) is 6.82. The number of amides is 1. The first-order valence-electron chi connectivity index (χ1n) is 7.64. The molecule has 0 radical (unpaired) electrons. The average molecular weight is 272 g/mol. The van der Waals surface area contributed by atoms with Gasteiger partial charge in [0.1, 0.15) is 0 Å². The van der Waals surface area contributed by atoms with Crippen LogP contribution >= 0.6 is 0 Å². The molecule has 2 aliphatic heterocycles. The van der Waals surface area contributed by atoms with Gasteiger partial charge in [0.05, 0.1) is 0 Å². The summed E-state index contributed by atoms with van der Waals surface area (Å²) < 4.78 is 0. The van der Waals surface area contributed by atoms with Crippen LogP contribution in [0.3, 0.4) is 0 Å². The number of fused-ring (bicyclic) bond motifs is 3. The summed E-state index contributed by atoms with van der Waals surface area (Å²) in [5.74, 6) is 1.79. The first-order valence-corrected chi connectivity index (χ1v) is 7.64. The standard InChI is InChI=1S/C17H24N2O/c1-11(2)6-12-4-5-14-15(7-12)17(20)18-8-13-9-19(3)10-16(13)14/h4-5,7,11,13,16H,6,8-10H2,1-3H3,(H,18,20). The molecule has 2 unspecified atom stereocenters. The molecule has 20 heavy (non-hydrogen) atoms. The Morgan fingerprint density at radius 3 is 2.90 bits per heavy atom. The van der Waals surface area contributed by atoms with Crippen molar-refractivity contribution in [1.29, 1.82) is 0 Å². The average Bonchev–Trinajstić information content (AvgIpc) is 2.71. The highest BCUT2D eigenvalue weighted by Gasteiger charge is 2.36. The van der Waals surface area contributed by atoms with E-state index in [0.717, 1.165) is 31.6 Å². The van der Waals surface area contributed by atoms with E-state index >= 15 is 0 Å². The summed E-state index contributed by atoms with van der Waals surface area (Å²) >= 11 is 0. The van der Waals surface area contributed by atoms with E-state index in [4.69, 9.17) is 0 Å². The van der Waals surface area contributed by atoms with Crippen molar-refractivity contribution in [3.05, 3.63) is 34.9 Å². The lowest BCUT2D eigenvalue weighted by Gasteiger charge is -2.17. The number of carbonyl (C=O) groups excluding carboxylic acids is 1. The number of benzene rings is 1. The molecule has 0 bridgehead atoms. The summed E-state index contributed by atoms with van der Waals surface area (Å²) in [4.78, 5) is 14.7. The van der Waals surface area contributed by atoms with Crippen LogP contribution in [0.25, 0.3) is 0 Å². The fraction of sp³-hybridized carbons (Fsp3) is 0.588. The predicted octanol–water partition coefficient (Wildman–Crippen LogP) is 2.27. The molecule has 1 aromatic carbocycles. The Bertz CT molecular complexity index is 524. The third kappa shape index (κ3) is 2.47. The van der Waals surface area contributed by atoms with Gasteiger partial charge in [0, 0.05) is 31.1 Å². The van der Waals surface area contributed by atoms with Crippen LogP contribution in [0.15, 0.2) is 18.2 Å². The van der Waals surface area contributed by atoms with Crippen molar-refractivity contribution in [1.82, 2.24) is 10.2 Å². The summed E-state index contributed by atoms with van der Waals surface area (Å²) in [6, 6.07) is 6.53. The van der Waals surface area contributed by atoms with E-state index in [-0.39, 0.29) is 5.91 Å². The number of nitrogens with one attached hydrogen (secondary N) is 1. The third-order valence-corrected chi connectivity index (χ3v) is 4.55. The molecular formula is C17H24N2O. The van der Waals surface area contributed by atoms with Gasteiger partial charge in [-0.3, -0.25) is 4.79 Å². The monoisotopic (exact) mass is 272 g/mol.